The number of ether oxygens (including phenoxy) is 1. The van der Waals surface area contributed by atoms with Gasteiger partial charge in [-0.25, -0.2) is 22.5 Å². The number of rotatable bonds is 7. The Labute approximate surface area is 141 Å². The molecule has 2 aromatic rings. The molecule has 1 aromatic heterocycles. The fraction of sp³-hybridized carbons (Fsp3) is 0.267. The SMILES string of the molecule is O=S(=O)(Cc1ccc(F)cc1)NCc1cccnc1OCC(F)(F)F. The molecule has 0 bridgehead atoms. The van der Waals surface area contributed by atoms with Crippen LogP contribution in [-0.2, 0) is 22.3 Å². The first kappa shape index (κ1) is 19.1. The highest BCUT2D eigenvalue weighted by Gasteiger charge is 2.29. The number of sulfonamides is 1. The molecule has 1 heterocycles. The van der Waals surface area contributed by atoms with E-state index in [9.17, 15) is 26.0 Å². The van der Waals surface area contributed by atoms with Crippen LogP contribution in [0.5, 0.6) is 5.88 Å². The molecule has 10 heteroatoms. The maximum Gasteiger partial charge on any atom is 0.422 e. The third kappa shape index (κ3) is 6.67. The van der Waals surface area contributed by atoms with Crippen molar-refractivity contribution in [2.24, 2.45) is 0 Å². The van der Waals surface area contributed by atoms with Gasteiger partial charge >= 0.3 is 6.18 Å². The fourth-order valence-electron chi connectivity index (χ4n) is 1.88. The van der Waals surface area contributed by atoms with Crippen molar-refractivity contribution in [1.29, 1.82) is 0 Å². The summed E-state index contributed by atoms with van der Waals surface area (Å²) in [6.45, 7) is -1.82. The van der Waals surface area contributed by atoms with Gasteiger partial charge in [0.05, 0.1) is 5.75 Å². The maximum absolute atomic E-state index is 12.8. The van der Waals surface area contributed by atoms with Gasteiger partial charge in [0, 0.05) is 18.3 Å². The number of alkyl halides is 3. The zero-order valence-corrected chi connectivity index (χ0v) is 13.6. The molecule has 1 aromatic carbocycles. The zero-order valence-electron chi connectivity index (χ0n) is 12.8. The quantitative estimate of drug-likeness (QED) is 0.753. The molecule has 0 aliphatic rings. The molecule has 0 amide bonds. The summed E-state index contributed by atoms with van der Waals surface area (Å²) in [4.78, 5) is 3.68. The van der Waals surface area contributed by atoms with Crippen molar-refractivity contribution in [3.05, 3.63) is 59.5 Å². The van der Waals surface area contributed by atoms with Gasteiger partial charge < -0.3 is 4.74 Å². The molecule has 0 aliphatic carbocycles. The van der Waals surface area contributed by atoms with E-state index in [0.717, 1.165) is 12.1 Å². The number of benzene rings is 1. The minimum absolute atomic E-state index is 0.162. The number of nitrogens with zero attached hydrogens (tertiary/aromatic N) is 1. The molecule has 25 heavy (non-hydrogen) atoms. The predicted molar refractivity (Wildman–Crippen MR) is 81.7 cm³/mol. The molecule has 0 saturated heterocycles. The van der Waals surface area contributed by atoms with Crippen LogP contribution in [0.3, 0.4) is 0 Å². The van der Waals surface area contributed by atoms with Gasteiger partial charge in [0.1, 0.15) is 5.82 Å². The summed E-state index contributed by atoms with van der Waals surface area (Å²) in [5.41, 5.74) is 0.531. The Balaban J connectivity index is 2.01. The van der Waals surface area contributed by atoms with Gasteiger partial charge in [0.15, 0.2) is 6.61 Å². The molecule has 5 nitrogen and oxygen atoms in total. The maximum atomic E-state index is 12.8. The van der Waals surface area contributed by atoms with Crippen LogP contribution >= 0.6 is 0 Å². The summed E-state index contributed by atoms with van der Waals surface area (Å²) in [6.07, 6.45) is -3.29. The topological polar surface area (TPSA) is 68.3 Å². The molecule has 0 fully saturated rings. The number of halogens is 4. The summed E-state index contributed by atoms with van der Waals surface area (Å²) in [7, 11) is -3.78. The highest BCUT2D eigenvalue weighted by atomic mass is 32.2. The van der Waals surface area contributed by atoms with Crippen LogP contribution in [-0.4, -0.2) is 26.2 Å². The third-order valence-corrected chi connectivity index (χ3v) is 4.27. The van der Waals surface area contributed by atoms with E-state index >= 15 is 0 Å². The summed E-state index contributed by atoms with van der Waals surface area (Å²) < 4.78 is 80.4. The average molecular weight is 378 g/mol. The Morgan fingerprint density at radius 1 is 1.12 bits per heavy atom. The third-order valence-electron chi connectivity index (χ3n) is 2.97. The second-order valence-corrected chi connectivity index (χ2v) is 6.89. The normalized spacial score (nSPS) is 12.2. The number of hydrogen-bond acceptors (Lipinski definition) is 4. The number of nitrogens with one attached hydrogen (secondary N) is 1. The molecule has 1 N–H and O–H groups in total. The average Bonchev–Trinajstić information content (AvgIpc) is 2.53. The molecular formula is C15H14F4N2O3S. The lowest BCUT2D eigenvalue weighted by molar-refractivity contribution is -0.154. The molecule has 0 aliphatic heterocycles. The Bertz CT molecular complexity index is 808. The second kappa shape index (κ2) is 7.79. The standard InChI is InChI=1S/C15H14F4N2O3S/c16-13-5-3-11(4-6-13)9-25(22,23)21-8-12-2-1-7-20-14(12)24-10-15(17,18)19/h1-7,21H,8-10H2. The van der Waals surface area contributed by atoms with Gasteiger partial charge in [-0.15, -0.1) is 0 Å². The van der Waals surface area contributed by atoms with Crippen molar-refractivity contribution >= 4 is 10.0 Å². The molecule has 0 unspecified atom stereocenters. The lowest BCUT2D eigenvalue weighted by Crippen LogP contribution is -2.26. The second-order valence-electron chi connectivity index (χ2n) is 5.08. The molecule has 0 atom stereocenters. The Kier molecular flexibility index (Phi) is 5.96. The van der Waals surface area contributed by atoms with E-state index in [4.69, 9.17) is 0 Å². The van der Waals surface area contributed by atoms with E-state index in [2.05, 4.69) is 14.4 Å². The molecule has 0 radical (unpaired) electrons. The monoisotopic (exact) mass is 378 g/mol. The zero-order chi connectivity index (χ0) is 18.5. The number of hydrogen-bond donors (Lipinski definition) is 1. The first-order valence-electron chi connectivity index (χ1n) is 7.00. The highest BCUT2D eigenvalue weighted by Crippen LogP contribution is 2.20. The van der Waals surface area contributed by atoms with E-state index in [0.29, 0.717) is 5.56 Å². The molecule has 136 valence electrons. The summed E-state index contributed by atoms with van der Waals surface area (Å²) in [5.74, 6) is -1.19. The fourth-order valence-corrected chi connectivity index (χ4v) is 2.99. The summed E-state index contributed by atoms with van der Waals surface area (Å²) >= 11 is 0. The van der Waals surface area contributed by atoms with Crippen molar-refractivity contribution in [2.45, 2.75) is 18.5 Å². The molecule has 0 spiro atoms. The van der Waals surface area contributed by atoms with Crippen LogP contribution < -0.4 is 9.46 Å². The van der Waals surface area contributed by atoms with E-state index < -0.39 is 34.4 Å². The minimum Gasteiger partial charge on any atom is -0.468 e. The van der Waals surface area contributed by atoms with E-state index in [1.165, 1.54) is 30.5 Å². The first-order chi connectivity index (χ1) is 11.6. The van der Waals surface area contributed by atoms with Gasteiger partial charge in [-0.2, -0.15) is 13.2 Å². The number of aromatic nitrogens is 1. The lowest BCUT2D eigenvalue weighted by Gasteiger charge is -2.12. The van der Waals surface area contributed by atoms with Crippen LogP contribution in [0.4, 0.5) is 17.6 Å². The van der Waals surface area contributed by atoms with Crippen molar-refractivity contribution < 1.29 is 30.7 Å². The van der Waals surface area contributed by atoms with Gasteiger partial charge in [0.2, 0.25) is 15.9 Å². The van der Waals surface area contributed by atoms with Crippen molar-refractivity contribution in [3.8, 4) is 5.88 Å². The van der Waals surface area contributed by atoms with Gasteiger partial charge in [-0.3, -0.25) is 0 Å². The van der Waals surface area contributed by atoms with Crippen molar-refractivity contribution in [2.75, 3.05) is 6.61 Å². The largest absolute Gasteiger partial charge is 0.468 e. The van der Waals surface area contributed by atoms with Crippen LogP contribution in [0.15, 0.2) is 42.6 Å². The van der Waals surface area contributed by atoms with Crippen molar-refractivity contribution in [3.63, 3.8) is 0 Å². The van der Waals surface area contributed by atoms with Crippen LogP contribution in [0.25, 0.3) is 0 Å². The summed E-state index contributed by atoms with van der Waals surface area (Å²) in [6, 6.07) is 7.78. The minimum atomic E-state index is -4.53. The van der Waals surface area contributed by atoms with Crippen LogP contribution in [0.2, 0.25) is 0 Å². The molecule has 2 rings (SSSR count). The van der Waals surface area contributed by atoms with E-state index in [-0.39, 0.29) is 18.0 Å². The van der Waals surface area contributed by atoms with Gasteiger partial charge in [-0.1, -0.05) is 18.2 Å². The van der Waals surface area contributed by atoms with Crippen molar-refractivity contribution in [1.82, 2.24) is 9.71 Å². The summed E-state index contributed by atoms with van der Waals surface area (Å²) in [5, 5.41) is 0. The van der Waals surface area contributed by atoms with Gasteiger partial charge in [-0.05, 0) is 23.8 Å². The Morgan fingerprint density at radius 2 is 1.80 bits per heavy atom. The smallest absolute Gasteiger partial charge is 0.422 e. The molecule has 0 saturated carbocycles. The Morgan fingerprint density at radius 3 is 2.44 bits per heavy atom. The van der Waals surface area contributed by atoms with Gasteiger partial charge in [0.25, 0.3) is 0 Å². The predicted octanol–water partition coefficient (Wildman–Crippen LogP) is 2.78. The van der Waals surface area contributed by atoms with Crippen LogP contribution in [0, 0.1) is 5.82 Å². The number of pyridine rings is 1. The lowest BCUT2D eigenvalue weighted by atomic mass is 10.2. The van der Waals surface area contributed by atoms with E-state index in [1.54, 1.807) is 0 Å². The van der Waals surface area contributed by atoms with Crippen LogP contribution in [0.1, 0.15) is 11.1 Å². The highest BCUT2D eigenvalue weighted by molar-refractivity contribution is 7.88. The van der Waals surface area contributed by atoms with E-state index in [1.807, 2.05) is 0 Å². The molecular weight excluding hydrogens is 364 g/mol. The first-order valence-corrected chi connectivity index (χ1v) is 8.65. The Hall–Kier alpha value is -2.20.